The molecule has 9 nitrogen and oxygen atoms in total. The molecule has 0 saturated carbocycles. The number of alkyl halides is 3. The Bertz CT molecular complexity index is 1240. The second-order valence-corrected chi connectivity index (χ2v) is 8.58. The molecule has 2 aromatic carbocycles. The molecule has 0 unspecified atom stereocenters. The van der Waals surface area contributed by atoms with Gasteiger partial charge in [-0.2, -0.15) is 21.6 Å². The highest BCUT2D eigenvalue weighted by Crippen LogP contribution is 2.27. The lowest BCUT2D eigenvalue weighted by molar-refractivity contribution is -0.139. The normalized spacial score (nSPS) is 11.8. The average Bonchev–Trinajstić information content (AvgIpc) is 3.13. The van der Waals surface area contributed by atoms with Crippen molar-refractivity contribution in [2.45, 2.75) is 18.9 Å². The van der Waals surface area contributed by atoms with E-state index in [-0.39, 0.29) is 12.3 Å². The maximum absolute atomic E-state index is 12.4. The fourth-order valence-electron chi connectivity index (χ4n) is 2.72. The van der Waals surface area contributed by atoms with Crippen LogP contribution in [0.3, 0.4) is 0 Å². The minimum atomic E-state index is -5.49. The molecule has 13 heteroatoms. The first kappa shape index (κ1) is 24.9. The number of ether oxygens (including phenoxy) is 2. The standard InChI is InChI=1S/C21H19F3N2O7S/c1-13-18(25-20(33-13)14-2-6-17(7-3-14)32-12-19(27)28)10-11-31-16-8-4-15(5-9-16)26-34(29,30)21(22,23)24/h2-9,26H,10-12H2,1H3,(H,27,28). The van der Waals surface area contributed by atoms with Gasteiger partial charge in [-0.25, -0.2) is 9.78 Å². The van der Waals surface area contributed by atoms with Gasteiger partial charge in [-0.1, -0.05) is 0 Å². The number of carbonyl (C=O) groups is 1. The topological polar surface area (TPSA) is 128 Å². The van der Waals surface area contributed by atoms with E-state index in [1.807, 2.05) is 0 Å². The summed E-state index contributed by atoms with van der Waals surface area (Å²) in [6.45, 7) is 1.47. The molecule has 0 amide bonds. The number of carboxylic acid groups (broad SMARTS) is 1. The van der Waals surface area contributed by atoms with E-state index in [9.17, 15) is 26.4 Å². The summed E-state index contributed by atoms with van der Waals surface area (Å²) < 4.78 is 77.3. The molecule has 0 bridgehead atoms. The second kappa shape index (κ2) is 10.0. The number of sulfonamides is 1. The van der Waals surface area contributed by atoms with Gasteiger partial charge >= 0.3 is 21.5 Å². The quantitative estimate of drug-likeness (QED) is 0.428. The molecule has 3 rings (SSSR count). The van der Waals surface area contributed by atoms with Crippen LogP contribution in [0.15, 0.2) is 52.9 Å². The van der Waals surface area contributed by atoms with Crippen molar-refractivity contribution < 1.29 is 45.4 Å². The Labute approximate surface area is 192 Å². The van der Waals surface area contributed by atoms with Crippen molar-refractivity contribution in [3.05, 3.63) is 60.0 Å². The van der Waals surface area contributed by atoms with Gasteiger partial charge in [-0.05, 0) is 55.5 Å². The summed E-state index contributed by atoms with van der Waals surface area (Å²) in [5.41, 5.74) is -4.36. The van der Waals surface area contributed by atoms with Crippen LogP contribution in [0.1, 0.15) is 11.5 Å². The third-order valence-corrected chi connectivity index (χ3v) is 5.49. The molecule has 0 radical (unpaired) electrons. The summed E-state index contributed by atoms with van der Waals surface area (Å²) >= 11 is 0. The maximum Gasteiger partial charge on any atom is 0.516 e. The van der Waals surface area contributed by atoms with Gasteiger partial charge in [0, 0.05) is 17.7 Å². The van der Waals surface area contributed by atoms with Gasteiger partial charge in [0.2, 0.25) is 5.89 Å². The summed E-state index contributed by atoms with van der Waals surface area (Å²) in [7, 11) is -5.49. The van der Waals surface area contributed by atoms with Gasteiger partial charge in [0.05, 0.1) is 12.3 Å². The molecule has 0 aliphatic carbocycles. The number of aromatic nitrogens is 1. The monoisotopic (exact) mass is 500 g/mol. The molecule has 3 aromatic rings. The van der Waals surface area contributed by atoms with Gasteiger partial charge in [0.25, 0.3) is 0 Å². The molecule has 0 aliphatic heterocycles. The van der Waals surface area contributed by atoms with E-state index in [0.29, 0.717) is 40.8 Å². The highest BCUT2D eigenvalue weighted by molar-refractivity contribution is 7.93. The van der Waals surface area contributed by atoms with Gasteiger partial charge in [-0.15, -0.1) is 0 Å². The van der Waals surface area contributed by atoms with Crippen molar-refractivity contribution in [3.8, 4) is 23.0 Å². The smallest absolute Gasteiger partial charge is 0.493 e. The van der Waals surface area contributed by atoms with E-state index >= 15 is 0 Å². The van der Waals surface area contributed by atoms with E-state index in [2.05, 4.69) is 4.98 Å². The molecule has 0 atom stereocenters. The van der Waals surface area contributed by atoms with Crippen molar-refractivity contribution in [2.24, 2.45) is 0 Å². The molecular formula is C21H19F3N2O7S. The first-order valence-corrected chi connectivity index (χ1v) is 11.2. The average molecular weight is 500 g/mol. The van der Waals surface area contributed by atoms with Crippen molar-refractivity contribution >= 4 is 21.7 Å². The van der Waals surface area contributed by atoms with E-state index < -0.39 is 28.1 Å². The number of oxazole rings is 1. The van der Waals surface area contributed by atoms with Crippen molar-refractivity contribution in [3.63, 3.8) is 0 Å². The molecule has 2 N–H and O–H groups in total. The van der Waals surface area contributed by atoms with E-state index in [4.69, 9.17) is 19.0 Å². The molecular weight excluding hydrogens is 481 g/mol. The Morgan fingerprint density at radius 1 is 1.06 bits per heavy atom. The molecule has 1 heterocycles. The predicted octanol–water partition coefficient (Wildman–Crippen LogP) is 4.00. The molecule has 0 spiro atoms. The third kappa shape index (κ3) is 6.41. The zero-order chi connectivity index (χ0) is 24.9. The zero-order valence-corrected chi connectivity index (χ0v) is 18.4. The van der Waals surface area contributed by atoms with Gasteiger partial charge < -0.3 is 19.0 Å². The van der Waals surface area contributed by atoms with E-state index in [1.165, 1.54) is 16.9 Å². The molecule has 182 valence electrons. The maximum atomic E-state index is 12.4. The van der Waals surface area contributed by atoms with Crippen LogP contribution in [0.5, 0.6) is 11.5 Å². The Morgan fingerprint density at radius 2 is 1.65 bits per heavy atom. The van der Waals surface area contributed by atoms with Gasteiger partial charge in [-0.3, -0.25) is 4.72 Å². The lowest BCUT2D eigenvalue weighted by atomic mass is 10.2. The number of aliphatic carboxylic acids is 1. The summed E-state index contributed by atoms with van der Waals surface area (Å²) in [5.74, 6) is 0.565. The first-order chi connectivity index (χ1) is 15.9. The van der Waals surface area contributed by atoms with E-state index in [1.54, 1.807) is 31.2 Å². The number of anilines is 1. The highest BCUT2D eigenvalue weighted by Gasteiger charge is 2.46. The molecule has 1 aromatic heterocycles. The lowest BCUT2D eigenvalue weighted by Gasteiger charge is -2.11. The minimum Gasteiger partial charge on any atom is -0.493 e. The number of aryl methyl sites for hydroxylation is 1. The van der Waals surface area contributed by atoms with Gasteiger partial charge in [0.1, 0.15) is 17.3 Å². The first-order valence-electron chi connectivity index (χ1n) is 9.68. The number of hydrogen-bond donors (Lipinski definition) is 2. The van der Waals surface area contributed by atoms with Crippen molar-refractivity contribution in [1.82, 2.24) is 4.98 Å². The Balaban J connectivity index is 1.55. The number of carboxylic acids is 1. The van der Waals surface area contributed by atoms with Crippen LogP contribution in [0.4, 0.5) is 18.9 Å². The Kier molecular flexibility index (Phi) is 7.35. The predicted molar refractivity (Wildman–Crippen MR) is 114 cm³/mol. The lowest BCUT2D eigenvalue weighted by Crippen LogP contribution is -2.29. The fourth-order valence-corrected chi connectivity index (χ4v) is 3.28. The summed E-state index contributed by atoms with van der Waals surface area (Å²) in [6, 6.07) is 11.5. The number of benzene rings is 2. The van der Waals surface area contributed by atoms with Crippen LogP contribution in [0.25, 0.3) is 11.5 Å². The number of nitrogens with one attached hydrogen (secondary N) is 1. The molecule has 34 heavy (non-hydrogen) atoms. The van der Waals surface area contributed by atoms with Crippen LogP contribution in [-0.2, 0) is 21.2 Å². The Morgan fingerprint density at radius 3 is 2.24 bits per heavy atom. The van der Waals surface area contributed by atoms with Crippen molar-refractivity contribution in [1.29, 1.82) is 0 Å². The number of hydrogen-bond acceptors (Lipinski definition) is 7. The second-order valence-electron chi connectivity index (χ2n) is 6.90. The SMILES string of the molecule is Cc1oc(-c2ccc(OCC(=O)O)cc2)nc1CCOc1ccc(NS(=O)(=O)C(F)(F)F)cc1. The summed E-state index contributed by atoms with van der Waals surface area (Å²) in [5, 5.41) is 8.64. The van der Waals surface area contributed by atoms with Crippen LogP contribution in [-0.4, -0.2) is 43.2 Å². The van der Waals surface area contributed by atoms with E-state index in [0.717, 1.165) is 12.1 Å². The number of halogens is 3. The van der Waals surface area contributed by atoms with Crippen LogP contribution in [0, 0.1) is 6.92 Å². The summed E-state index contributed by atoms with van der Waals surface area (Å²) in [4.78, 5) is 15.0. The van der Waals surface area contributed by atoms with Crippen LogP contribution in [0.2, 0.25) is 0 Å². The largest absolute Gasteiger partial charge is 0.516 e. The number of nitrogens with zero attached hydrogens (tertiary/aromatic N) is 1. The Hall–Kier alpha value is -3.74. The number of rotatable bonds is 10. The molecule has 0 fully saturated rings. The van der Waals surface area contributed by atoms with Crippen LogP contribution < -0.4 is 14.2 Å². The highest BCUT2D eigenvalue weighted by atomic mass is 32.2. The minimum absolute atomic E-state index is 0.183. The fraction of sp³-hybridized carbons (Fsp3) is 0.238. The van der Waals surface area contributed by atoms with Gasteiger partial charge in [0.15, 0.2) is 6.61 Å². The molecule has 0 saturated heterocycles. The third-order valence-electron chi connectivity index (χ3n) is 4.38. The van der Waals surface area contributed by atoms with Crippen LogP contribution >= 0.6 is 0 Å². The van der Waals surface area contributed by atoms with Crippen molar-refractivity contribution in [2.75, 3.05) is 17.9 Å². The summed E-state index contributed by atoms with van der Waals surface area (Å²) in [6.07, 6.45) is 0.373. The molecule has 0 aliphatic rings. The zero-order valence-electron chi connectivity index (χ0n) is 17.6.